The second kappa shape index (κ2) is 6.09. The summed E-state index contributed by atoms with van der Waals surface area (Å²) in [5.41, 5.74) is 0.205. The molecule has 0 spiro atoms. The van der Waals surface area contributed by atoms with Gasteiger partial charge in [-0.15, -0.1) is 0 Å². The number of nitrogens with zero attached hydrogens (tertiary/aromatic N) is 1. The van der Waals surface area contributed by atoms with E-state index in [1.807, 2.05) is 11.8 Å². The number of carboxylic acids is 1. The van der Waals surface area contributed by atoms with Gasteiger partial charge in [0.15, 0.2) is 11.5 Å². The number of halogens is 1. The number of aliphatic carboxylic acids is 1. The number of ether oxygens (including phenoxy) is 2. The Balaban J connectivity index is 1.96. The van der Waals surface area contributed by atoms with Gasteiger partial charge in [-0.2, -0.15) is 0 Å². The molecule has 1 fully saturated rings. The maximum Gasteiger partial charge on any atom is 0.329 e. The van der Waals surface area contributed by atoms with Crippen LogP contribution in [0.4, 0.5) is 0 Å². The average Bonchev–Trinajstić information content (AvgIpc) is 2.38. The van der Waals surface area contributed by atoms with Crippen LogP contribution in [0.1, 0.15) is 12.5 Å². The molecule has 1 saturated heterocycles. The predicted octanol–water partition coefficient (Wildman–Crippen LogP) is 1.73. The summed E-state index contributed by atoms with van der Waals surface area (Å²) in [6.45, 7) is 3.24. The summed E-state index contributed by atoms with van der Waals surface area (Å²) in [6.07, 6.45) is 0. The van der Waals surface area contributed by atoms with Crippen LogP contribution in [0.15, 0.2) is 12.1 Å². The summed E-state index contributed by atoms with van der Waals surface area (Å²) in [7, 11) is 1.47. The third kappa shape index (κ3) is 3.78. The lowest BCUT2D eigenvalue weighted by molar-refractivity contribution is -0.165. The molecule has 0 saturated carbocycles. The number of hydrogen-bond donors (Lipinski definition) is 2. The number of phenols is 1. The van der Waals surface area contributed by atoms with Crippen molar-refractivity contribution in [3.8, 4) is 11.5 Å². The van der Waals surface area contributed by atoms with E-state index in [4.69, 9.17) is 26.2 Å². The fourth-order valence-corrected chi connectivity index (χ4v) is 2.71. The quantitative estimate of drug-likeness (QED) is 0.832. The van der Waals surface area contributed by atoms with E-state index in [2.05, 4.69) is 0 Å². The van der Waals surface area contributed by atoms with Gasteiger partial charge >= 0.3 is 5.97 Å². The van der Waals surface area contributed by atoms with Gasteiger partial charge in [0, 0.05) is 36.3 Å². The van der Waals surface area contributed by atoms with E-state index in [0.717, 1.165) is 0 Å². The van der Waals surface area contributed by atoms with Crippen LogP contribution >= 0.6 is 11.6 Å². The highest BCUT2D eigenvalue weighted by Gasteiger charge is 2.40. The molecule has 7 heteroatoms. The predicted molar refractivity (Wildman–Crippen MR) is 76.9 cm³/mol. The maximum absolute atomic E-state index is 10.5. The maximum atomic E-state index is 10.5. The number of rotatable bonds is 6. The van der Waals surface area contributed by atoms with Crippen molar-refractivity contribution < 1.29 is 24.5 Å². The molecule has 21 heavy (non-hydrogen) atoms. The van der Waals surface area contributed by atoms with Crippen molar-refractivity contribution in [3.05, 3.63) is 22.7 Å². The lowest BCUT2D eigenvalue weighted by Gasteiger charge is -2.47. The molecule has 6 nitrogen and oxygen atoms in total. The van der Waals surface area contributed by atoms with Gasteiger partial charge in [0.25, 0.3) is 0 Å². The summed E-state index contributed by atoms with van der Waals surface area (Å²) in [6, 6.07) is 3.24. The summed E-state index contributed by atoms with van der Waals surface area (Å²) in [5, 5.41) is 19.2. The van der Waals surface area contributed by atoms with Gasteiger partial charge in [0.1, 0.15) is 6.61 Å². The first-order valence-electron chi connectivity index (χ1n) is 6.46. The lowest BCUT2D eigenvalue weighted by Crippen LogP contribution is -2.61. The van der Waals surface area contributed by atoms with Crippen molar-refractivity contribution in [3.63, 3.8) is 0 Å². The summed E-state index contributed by atoms with van der Waals surface area (Å²) in [5.74, 6) is -0.572. The Kier molecular flexibility index (Phi) is 4.61. The molecule has 0 aliphatic carbocycles. The van der Waals surface area contributed by atoms with Crippen LogP contribution in [0.5, 0.6) is 11.5 Å². The molecule has 2 rings (SSSR count). The van der Waals surface area contributed by atoms with Crippen LogP contribution in [-0.2, 0) is 16.1 Å². The molecule has 0 bridgehead atoms. The van der Waals surface area contributed by atoms with Gasteiger partial charge in [-0.05, 0) is 13.0 Å². The number of hydrogen-bond acceptors (Lipinski definition) is 5. The largest absolute Gasteiger partial charge is 0.504 e. The zero-order valence-corrected chi connectivity index (χ0v) is 12.7. The van der Waals surface area contributed by atoms with E-state index < -0.39 is 11.6 Å². The van der Waals surface area contributed by atoms with Gasteiger partial charge in [-0.3, -0.25) is 4.90 Å². The minimum Gasteiger partial charge on any atom is -0.504 e. The van der Waals surface area contributed by atoms with Gasteiger partial charge < -0.3 is 19.7 Å². The Morgan fingerprint density at radius 1 is 1.48 bits per heavy atom. The number of phenolic OH excluding ortho intramolecular Hbond substituents is 1. The minimum absolute atomic E-state index is 0.0713. The minimum atomic E-state index is -0.980. The molecule has 0 unspecified atom stereocenters. The number of methoxy groups -OCH3 is 1. The molecule has 0 aromatic heterocycles. The summed E-state index contributed by atoms with van der Waals surface area (Å²) >= 11 is 5.99. The van der Waals surface area contributed by atoms with Crippen LogP contribution in [0.3, 0.4) is 0 Å². The third-order valence-electron chi connectivity index (χ3n) is 3.39. The Hall–Kier alpha value is -1.50. The Morgan fingerprint density at radius 2 is 2.14 bits per heavy atom. The molecule has 1 heterocycles. The normalized spacial score (nSPS) is 17.3. The number of carbonyl (C=O) groups is 1. The van der Waals surface area contributed by atoms with Gasteiger partial charge in [0.05, 0.1) is 12.7 Å². The fraction of sp³-hybridized carbons (Fsp3) is 0.500. The standard InChI is InChI=1S/C14H18ClNO5/c1-14(21-6-12(17)18)7-16(8-14)5-9-3-10(15)4-11(20-2)13(9)19/h3-4,19H,5-8H2,1-2H3,(H,17,18). The van der Waals surface area contributed by atoms with Gasteiger partial charge in [-0.1, -0.05) is 11.6 Å². The van der Waals surface area contributed by atoms with Crippen molar-refractivity contribution >= 4 is 17.6 Å². The smallest absolute Gasteiger partial charge is 0.329 e. The van der Waals surface area contributed by atoms with Crippen molar-refractivity contribution in [2.45, 2.75) is 19.1 Å². The molecular weight excluding hydrogens is 298 g/mol. The van der Waals surface area contributed by atoms with E-state index >= 15 is 0 Å². The SMILES string of the molecule is COc1cc(Cl)cc(CN2CC(C)(OCC(=O)O)C2)c1O. The highest BCUT2D eigenvalue weighted by molar-refractivity contribution is 6.30. The van der Waals surface area contributed by atoms with E-state index in [-0.39, 0.29) is 12.4 Å². The van der Waals surface area contributed by atoms with Gasteiger partial charge in [-0.25, -0.2) is 4.79 Å². The van der Waals surface area contributed by atoms with Gasteiger partial charge in [0.2, 0.25) is 0 Å². The zero-order valence-electron chi connectivity index (χ0n) is 11.9. The first-order valence-corrected chi connectivity index (χ1v) is 6.84. The van der Waals surface area contributed by atoms with E-state index in [9.17, 15) is 9.90 Å². The molecule has 0 radical (unpaired) electrons. The number of likely N-dealkylation sites (tertiary alicyclic amines) is 1. The molecule has 116 valence electrons. The van der Waals surface area contributed by atoms with Crippen LogP contribution in [-0.4, -0.2) is 53.5 Å². The zero-order chi connectivity index (χ0) is 15.6. The molecule has 1 aliphatic rings. The second-order valence-corrected chi connectivity index (χ2v) is 5.83. The summed E-state index contributed by atoms with van der Waals surface area (Å²) in [4.78, 5) is 12.5. The lowest BCUT2D eigenvalue weighted by atomic mass is 9.95. The van der Waals surface area contributed by atoms with E-state index in [1.54, 1.807) is 12.1 Å². The summed E-state index contributed by atoms with van der Waals surface area (Å²) < 4.78 is 10.4. The van der Waals surface area contributed by atoms with Crippen LogP contribution in [0.25, 0.3) is 0 Å². The third-order valence-corrected chi connectivity index (χ3v) is 3.61. The average molecular weight is 316 g/mol. The highest BCUT2D eigenvalue weighted by Crippen LogP contribution is 2.36. The fourth-order valence-electron chi connectivity index (χ4n) is 2.48. The molecule has 1 aromatic carbocycles. The monoisotopic (exact) mass is 315 g/mol. The highest BCUT2D eigenvalue weighted by atomic mass is 35.5. The number of carboxylic acid groups (broad SMARTS) is 1. The van der Waals surface area contributed by atoms with E-state index in [0.29, 0.717) is 36.0 Å². The molecule has 1 aliphatic heterocycles. The Labute approximate surface area is 127 Å². The molecular formula is C14H18ClNO5. The van der Waals surface area contributed by atoms with Crippen molar-refractivity contribution in [1.29, 1.82) is 0 Å². The number of benzene rings is 1. The topological polar surface area (TPSA) is 79.2 Å². The molecule has 0 atom stereocenters. The Bertz CT molecular complexity index is 542. The van der Waals surface area contributed by atoms with Crippen molar-refractivity contribution in [2.24, 2.45) is 0 Å². The van der Waals surface area contributed by atoms with Crippen LogP contribution in [0.2, 0.25) is 5.02 Å². The van der Waals surface area contributed by atoms with Crippen molar-refractivity contribution in [2.75, 3.05) is 26.8 Å². The second-order valence-electron chi connectivity index (χ2n) is 5.39. The Morgan fingerprint density at radius 3 is 2.71 bits per heavy atom. The van der Waals surface area contributed by atoms with Crippen LogP contribution < -0.4 is 4.74 Å². The molecule has 0 amide bonds. The molecule has 1 aromatic rings. The first kappa shape index (κ1) is 15.9. The van der Waals surface area contributed by atoms with E-state index in [1.165, 1.54) is 7.11 Å². The molecule has 2 N–H and O–H groups in total. The van der Waals surface area contributed by atoms with Crippen molar-refractivity contribution in [1.82, 2.24) is 4.90 Å². The number of aromatic hydroxyl groups is 1. The first-order chi connectivity index (χ1) is 9.83. The van der Waals surface area contributed by atoms with Crippen LogP contribution in [0, 0.1) is 0 Å².